The van der Waals surface area contributed by atoms with Gasteiger partial charge in [0.05, 0.1) is 39.9 Å². The number of hydrogen-bond donors (Lipinski definition) is 3. The zero-order chi connectivity index (χ0) is 25.9. The van der Waals surface area contributed by atoms with Crippen molar-refractivity contribution in [2.45, 2.75) is 13.1 Å². The second kappa shape index (κ2) is 8.05. The summed E-state index contributed by atoms with van der Waals surface area (Å²) in [4.78, 5) is 27.6. The van der Waals surface area contributed by atoms with Crippen LogP contribution >= 0.6 is 0 Å². The molecule has 4 aromatic heterocycles. The standard InChI is InChI=1S/C26H18F3N7O/c1-13-32-19-8-7-16(11-21(19)33-13)36-25(30)17(12-31-36)24(37)22-10-15-6-5-14(9-20(15)34-22)18-3-2-4-23(35-18)26(27,28)29/h2-12,34H,30H2,1H3,(H,32,33). The molecule has 0 aliphatic rings. The van der Waals surface area contributed by atoms with E-state index in [9.17, 15) is 18.0 Å². The third-order valence-corrected chi connectivity index (χ3v) is 6.08. The van der Waals surface area contributed by atoms with Crippen molar-refractivity contribution in [3.05, 3.63) is 89.6 Å². The minimum Gasteiger partial charge on any atom is -0.383 e. The Kier molecular flexibility index (Phi) is 4.90. The van der Waals surface area contributed by atoms with Gasteiger partial charge in [0.25, 0.3) is 0 Å². The van der Waals surface area contributed by atoms with Crippen molar-refractivity contribution in [2.24, 2.45) is 0 Å². The van der Waals surface area contributed by atoms with E-state index in [0.29, 0.717) is 22.2 Å². The molecule has 0 bridgehead atoms. The molecule has 8 nitrogen and oxygen atoms in total. The molecule has 0 spiro atoms. The van der Waals surface area contributed by atoms with E-state index in [2.05, 4.69) is 25.0 Å². The lowest BCUT2D eigenvalue weighted by atomic mass is 10.1. The highest BCUT2D eigenvalue weighted by molar-refractivity contribution is 6.12. The normalized spacial score (nSPS) is 12.0. The Labute approximate surface area is 207 Å². The summed E-state index contributed by atoms with van der Waals surface area (Å²) >= 11 is 0. The summed E-state index contributed by atoms with van der Waals surface area (Å²) in [6.45, 7) is 1.86. The van der Waals surface area contributed by atoms with Crippen molar-refractivity contribution >= 4 is 33.5 Å². The number of aromatic amines is 2. The number of rotatable bonds is 4. The number of nitrogens with two attached hydrogens (primary N) is 1. The van der Waals surface area contributed by atoms with Gasteiger partial charge in [-0.2, -0.15) is 18.3 Å². The van der Waals surface area contributed by atoms with Gasteiger partial charge in [0.15, 0.2) is 0 Å². The molecule has 0 aliphatic heterocycles. The molecule has 0 unspecified atom stereocenters. The molecule has 0 radical (unpaired) electrons. The van der Waals surface area contributed by atoms with E-state index in [-0.39, 0.29) is 28.6 Å². The predicted octanol–water partition coefficient (Wildman–Crippen LogP) is 5.43. The molecule has 4 heterocycles. The number of benzene rings is 2. The van der Waals surface area contributed by atoms with Gasteiger partial charge in [-0.25, -0.2) is 14.6 Å². The Bertz CT molecular complexity index is 1830. The maximum atomic E-state index is 13.3. The number of alkyl halides is 3. The third-order valence-electron chi connectivity index (χ3n) is 6.08. The number of anilines is 1. The molecular formula is C26H18F3N7O. The zero-order valence-electron chi connectivity index (χ0n) is 19.3. The molecule has 11 heteroatoms. The number of aryl methyl sites for hydroxylation is 1. The average Bonchev–Trinajstić information content (AvgIpc) is 3.57. The van der Waals surface area contributed by atoms with Gasteiger partial charge >= 0.3 is 6.18 Å². The second-order valence-corrected chi connectivity index (χ2v) is 8.60. The molecule has 0 fully saturated rings. The van der Waals surface area contributed by atoms with Crippen molar-refractivity contribution in [3.8, 4) is 16.9 Å². The Morgan fingerprint density at radius 1 is 0.973 bits per heavy atom. The van der Waals surface area contributed by atoms with Crippen LogP contribution in [0, 0.1) is 6.92 Å². The van der Waals surface area contributed by atoms with E-state index in [4.69, 9.17) is 5.73 Å². The van der Waals surface area contributed by atoms with Crippen molar-refractivity contribution in [1.82, 2.24) is 29.7 Å². The summed E-state index contributed by atoms with van der Waals surface area (Å²) in [6.07, 6.45) is -3.14. The van der Waals surface area contributed by atoms with Gasteiger partial charge in [-0.15, -0.1) is 0 Å². The molecular weight excluding hydrogens is 483 g/mol. The molecule has 4 N–H and O–H groups in total. The molecule has 0 atom stereocenters. The minimum atomic E-state index is -4.54. The van der Waals surface area contributed by atoms with Crippen LogP contribution in [0.1, 0.15) is 27.6 Å². The van der Waals surface area contributed by atoms with Crippen molar-refractivity contribution in [1.29, 1.82) is 0 Å². The highest BCUT2D eigenvalue weighted by Crippen LogP contribution is 2.31. The van der Waals surface area contributed by atoms with Crippen LogP contribution in [-0.2, 0) is 6.18 Å². The number of nitrogens with one attached hydrogen (secondary N) is 2. The van der Waals surface area contributed by atoms with E-state index >= 15 is 0 Å². The highest BCUT2D eigenvalue weighted by atomic mass is 19.4. The highest BCUT2D eigenvalue weighted by Gasteiger charge is 2.32. The van der Waals surface area contributed by atoms with Crippen LogP contribution in [0.3, 0.4) is 0 Å². The number of halogens is 3. The van der Waals surface area contributed by atoms with Crippen molar-refractivity contribution in [3.63, 3.8) is 0 Å². The van der Waals surface area contributed by atoms with Crippen LogP contribution in [0.15, 0.2) is 66.9 Å². The zero-order valence-corrected chi connectivity index (χ0v) is 19.3. The van der Waals surface area contributed by atoms with Crippen LogP contribution in [0.2, 0.25) is 0 Å². The number of carbonyl (C=O) groups is 1. The number of pyridine rings is 1. The number of H-pyrrole nitrogens is 2. The lowest BCUT2D eigenvalue weighted by Crippen LogP contribution is -2.08. The van der Waals surface area contributed by atoms with Gasteiger partial charge in [0, 0.05) is 16.5 Å². The number of hydrogen-bond acceptors (Lipinski definition) is 5. The van der Waals surface area contributed by atoms with E-state index in [1.807, 2.05) is 25.1 Å². The van der Waals surface area contributed by atoms with Crippen LogP contribution in [-0.4, -0.2) is 35.5 Å². The van der Waals surface area contributed by atoms with Gasteiger partial charge in [0.1, 0.15) is 17.3 Å². The first-order valence-electron chi connectivity index (χ1n) is 11.2. The van der Waals surface area contributed by atoms with Crippen molar-refractivity contribution in [2.75, 3.05) is 5.73 Å². The third kappa shape index (κ3) is 3.90. The number of aromatic nitrogens is 6. The number of carbonyl (C=O) groups excluding carboxylic acids is 1. The molecule has 6 rings (SSSR count). The summed E-state index contributed by atoms with van der Waals surface area (Å²) < 4.78 is 40.7. The molecule has 6 aromatic rings. The minimum absolute atomic E-state index is 0.170. The average molecular weight is 501 g/mol. The first-order chi connectivity index (χ1) is 17.7. The smallest absolute Gasteiger partial charge is 0.383 e. The van der Waals surface area contributed by atoms with Gasteiger partial charge < -0.3 is 15.7 Å². The van der Waals surface area contributed by atoms with Crippen molar-refractivity contribution < 1.29 is 18.0 Å². The molecule has 0 amide bonds. The Morgan fingerprint density at radius 3 is 2.62 bits per heavy atom. The Balaban J connectivity index is 1.33. The van der Waals surface area contributed by atoms with Gasteiger partial charge in [0.2, 0.25) is 5.78 Å². The maximum absolute atomic E-state index is 13.3. The summed E-state index contributed by atoms with van der Waals surface area (Å²) in [5, 5.41) is 5.01. The van der Waals surface area contributed by atoms with Gasteiger partial charge in [-0.3, -0.25) is 4.79 Å². The Hall–Kier alpha value is -4.93. The van der Waals surface area contributed by atoms with Gasteiger partial charge in [-0.1, -0.05) is 18.2 Å². The number of imidazole rings is 1. The largest absolute Gasteiger partial charge is 0.433 e. The lowest BCUT2D eigenvalue weighted by Gasteiger charge is -2.07. The van der Waals surface area contributed by atoms with Crippen LogP contribution in [0.4, 0.5) is 19.0 Å². The fourth-order valence-corrected chi connectivity index (χ4v) is 4.30. The fraction of sp³-hybridized carbons (Fsp3) is 0.0769. The number of nitrogen functional groups attached to an aromatic ring is 1. The van der Waals surface area contributed by atoms with Crippen LogP contribution in [0.5, 0.6) is 0 Å². The molecule has 0 aliphatic carbocycles. The van der Waals surface area contributed by atoms with Crippen LogP contribution < -0.4 is 5.73 Å². The van der Waals surface area contributed by atoms with E-state index < -0.39 is 11.9 Å². The molecule has 184 valence electrons. The second-order valence-electron chi connectivity index (χ2n) is 8.60. The predicted molar refractivity (Wildman–Crippen MR) is 132 cm³/mol. The summed E-state index contributed by atoms with van der Waals surface area (Å²) in [5.74, 6) is 0.585. The van der Waals surface area contributed by atoms with Gasteiger partial charge in [-0.05, 0) is 49.4 Å². The number of nitrogens with zero attached hydrogens (tertiary/aromatic N) is 4. The maximum Gasteiger partial charge on any atom is 0.433 e. The monoisotopic (exact) mass is 501 g/mol. The lowest BCUT2D eigenvalue weighted by molar-refractivity contribution is -0.141. The first-order valence-corrected chi connectivity index (χ1v) is 11.2. The molecule has 37 heavy (non-hydrogen) atoms. The van der Waals surface area contributed by atoms with E-state index in [1.54, 1.807) is 24.3 Å². The topological polar surface area (TPSA) is 118 Å². The molecule has 2 aromatic carbocycles. The van der Waals surface area contributed by atoms with E-state index in [1.165, 1.54) is 23.0 Å². The SMILES string of the molecule is Cc1nc2cc(-n3ncc(C(=O)c4cc5ccc(-c6cccc(C(F)(F)F)n6)cc5[nH]4)c3N)ccc2[nH]1. The molecule has 0 saturated heterocycles. The Morgan fingerprint density at radius 2 is 1.81 bits per heavy atom. The molecule has 0 saturated carbocycles. The van der Waals surface area contributed by atoms with Crippen LogP contribution in [0.25, 0.3) is 38.9 Å². The number of ketones is 1. The van der Waals surface area contributed by atoms with E-state index in [0.717, 1.165) is 22.9 Å². The summed E-state index contributed by atoms with van der Waals surface area (Å²) in [6, 6.07) is 15.9. The summed E-state index contributed by atoms with van der Waals surface area (Å²) in [7, 11) is 0. The first kappa shape index (κ1) is 22.5. The number of fused-ring (bicyclic) bond motifs is 2. The quantitative estimate of drug-likeness (QED) is 0.278. The fourth-order valence-electron chi connectivity index (χ4n) is 4.30. The summed E-state index contributed by atoms with van der Waals surface area (Å²) in [5.41, 5.74) is 9.33.